The number of hydrogen-bond acceptors (Lipinski definition) is 3. The number of anilines is 1. The van der Waals surface area contributed by atoms with Crippen LogP contribution in [0.1, 0.15) is 83.2 Å². The van der Waals surface area contributed by atoms with Gasteiger partial charge < -0.3 is 10.2 Å². The Morgan fingerprint density at radius 2 is 1.81 bits per heavy atom. The maximum absolute atomic E-state index is 13.6. The van der Waals surface area contributed by atoms with Crippen molar-refractivity contribution in [1.82, 2.24) is 4.90 Å². The highest BCUT2D eigenvalue weighted by atomic mass is 32.1. The van der Waals surface area contributed by atoms with Crippen LogP contribution in [0, 0.1) is 18.3 Å². The quantitative estimate of drug-likeness (QED) is 0.631. The zero-order chi connectivity index (χ0) is 22.2. The van der Waals surface area contributed by atoms with Crippen LogP contribution in [0.25, 0.3) is 0 Å². The molecule has 2 heterocycles. The van der Waals surface area contributed by atoms with Crippen LogP contribution >= 0.6 is 11.3 Å². The number of piperidine rings is 1. The van der Waals surface area contributed by atoms with E-state index in [0.717, 1.165) is 61.3 Å². The average Bonchev–Trinajstić information content (AvgIpc) is 3.10. The molecule has 0 spiro atoms. The minimum atomic E-state index is -0.128. The van der Waals surface area contributed by atoms with Crippen LogP contribution in [0.5, 0.6) is 0 Å². The number of thiophene rings is 1. The van der Waals surface area contributed by atoms with Crippen molar-refractivity contribution < 1.29 is 9.59 Å². The van der Waals surface area contributed by atoms with Crippen molar-refractivity contribution >= 4 is 28.2 Å². The normalized spacial score (nSPS) is 19.1. The van der Waals surface area contributed by atoms with E-state index in [1.165, 1.54) is 16.9 Å². The summed E-state index contributed by atoms with van der Waals surface area (Å²) in [5.74, 6) is 0.569. The number of rotatable bonds is 3. The zero-order valence-electron chi connectivity index (χ0n) is 19.2. The van der Waals surface area contributed by atoms with Gasteiger partial charge in [-0.2, -0.15) is 0 Å². The number of carbonyl (C=O) groups is 2. The Morgan fingerprint density at radius 1 is 1.10 bits per heavy atom. The van der Waals surface area contributed by atoms with Crippen molar-refractivity contribution in [2.75, 3.05) is 18.4 Å². The van der Waals surface area contributed by atoms with Crippen LogP contribution in [-0.4, -0.2) is 29.8 Å². The Bertz CT molecular complexity index is 980. The van der Waals surface area contributed by atoms with Crippen LogP contribution < -0.4 is 5.32 Å². The van der Waals surface area contributed by atoms with Gasteiger partial charge in [-0.25, -0.2) is 0 Å². The summed E-state index contributed by atoms with van der Waals surface area (Å²) >= 11 is 1.62. The molecule has 5 heteroatoms. The van der Waals surface area contributed by atoms with E-state index in [9.17, 15) is 9.59 Å². The lowest BCUT2D eigenvalue weighted by molar-refractivity contribution is 0.0724. The monoisotopic (exact) mass is 438 g/mol. The molecule has 0 saturated carbocycles. The van der Waals surface area contributed by atoms with Crippen LogP contribution in [0.4, 0.5) is 5.00 Å². The van der Waals surface area contributed by atoms with Crippen LogP contribution in [-0.2, 0) is 12.8 Å². The van der Waals surface area contributed by atoms with Gasteiger partial charge in [0, 0.05) is 23.5 Å². The van der Waals surface area contributed by atoms with Crippen molar-refractivity contribution in [2.24, 2.45) is 11.3 Å². The Kier molecular flexibility index (Phi) is 6.25. The number of fused-ring (bicyclic) bond motifs is 1. The lowest BCUT2D eigenvalue weighted by Crippen LogP contribution is -2.36. The second-order valence-corrected chi connectivity index (χ2v) is 11.2. The molecule has 0 unspecified atom stereocenters. The molecule has 1 atom stereocenters. The van der Waals surface area contributed by atoms with E-state index in [4.69, 9.17) is 0 Å². The summed E-state index contributed by atoms with van der Waals surface area (Å²) in [4.78, 5) is 30.0. The number of nitrogens with zero attached hydrogens (tertiary/aromatic N) is 1. The van der Waals surface area contributed by atoms with Gasteiger partial charge in [0.1, 0.15) is 5.00 Å². The maximum atomic E-state index is 13.6. The van der Waals surface area contributed by atoms with Crippen molar-refractivity contribution in [1.29, 1.82) is 0 Å². The lowest BCUT2D eigenvalue weighted by atomic mass is 9.72. The smallest absolute Gasteiger partial charge is 0.257 e. The van der Waals surface area contributed by atoms with E-state index in [1.807, 2.05) is 36.1 Å². The molecular formula is C26H34N2O2S. The van der Waals surface area contributed by atoms with Crippen LogP contribution in [0.3, 0.4) is 0 Å². The lowest BCUT2D eigenvalue weighted by Gasteiger charge is -2.34. The van der Waals surface area contributed by atoms with Crippen molar-refractivity contribution in [3.8, 4) is 0 Å². The highest BCUT2D eigenvalue weighted by Crippen LogP contribution is 2.45. The number of amides is 2. The molecule has 1 aromatic heterocycles. The third-order valence-electron chi connectivity index (χ3n) is 6.96. The number of aryl methyl sites for hydroxylation is 1. The molecule has 2 aromatic rings. The topological polar surface area (TPSA) is 49.4 Å². The summed E-state index contributed by atoms with van der Waals surface area (Å²) in [6.07, 6.45) is 6.32. The number of nitrogens with one attached hydrogen (secondary N) is 1. The predicted molar refractivity (Wildman–Crippen MR) is 128 cm³/mol. The molecular weight excluding hydrogens is 404 g/mol. The fourth-order valence-corrected chi connectivity index (χ4v) is 6.21. The van der Waals surface area contributed by atoms with E-state index in [2.05, 4.69) is 26.1 Å². The molecule has 1 aromatic carbocycles. The summed E-state index contributed by atoms with van der Waals surface area (Å²) in [7, 11) is 0. The fourth-order valence-electron chi connectivity index (χ4n) is 4.89. The minimum Gasteiger partial charge on any atom is -0.339 e. The largest absolute Gasteiger partial charge is 0.339 e. The van der Waals surface area contributed by atoms with Gasteiger partial charge in [-0.1, -0.05) is 39.0 Å². The fraction of sp³-hybridized carbons (Fsp3) is 0.538. The minimum absolute atomic E-state index is 0.103. The number of benzene rings is 1. The first-order valence-electron chi connectivity index (χ1n) is 11.6. The van der Waals surface area contributed by atoms with Gasteiger partial charge in [0.2, 0.25) is 0 Å². The molecule has 1 fully saturated rings. The Balaban J connectivity index is 1.69. The third kappa shape index (κ3) is 4.57. The van der Waals surface area contributed by atoms with E-state index in [0.29, 0.717) is 11.5 Å². The molecule has 1 saturated heterocycles. The van der Waals surface area contributed by atoms with E-state index < -0.39 is 0 Å². The molecule has 1 N–H and O–H groups in total. The summed E-state index contributed by atoms with van der Waals surface area (Å²) in [5.41, 5.74) is 3.79. The molecule has 4 rings (SSSR count). The number of likely N-dealkylation sites (tertiary alicyclic amines) is 1. The van der Waals surface area contributed by atoms with Crippen molar-refractivity contribution in [3.05, 3.63) is 51.4 Å². The maximum Gasteiger partial charge on any atom is 0.257 e. The number of carbonyl (C=O) groups excluding carboxylic acids is 2. The summed E-state index contributed by atoms with van der Waals surface area (Å²) in [6.45, 7) is 10.5. The summed E-state index contributed by atoms with van der Waals surface area (Å²) < 4.78 is 0. The molecule has 2 aliphatic rings. The van der Waals surface area contributed by atoms with Gasteiger partial charge >= 0.3 is 0 Å². The van der Waals surface area contributed by atoms with Gasteiger partial charge in [0.25, 0.3) is 11.8 Å². The second-order valence-electron chi connectivity index (χ2n) is 10.1. The molecule has 0 radical (unpaired) electrons. The zero-order valence-corrected chi connectivity index (χ0v) is 20.0. The Labute approximate surface area is 190 Å². The Hall–Kier alpha value is -2.14. The first-order chi connectivity index (χ1) is 14.8. The van der Waals surface area contributed by atoms with E-state index in [-0.39, 0.29) is 17.2 Å². The van der Waals surface area contributed by atoms with Gasteiger partial charge in [-0.05, 0) is 74.0 Å². The van der Waals surface area contributed by atoms with E-state index >= 15 is 0 Å². The van der Waals surface area contributed by atoms with Gasteiger partial charge in [0.15, 0.2) is 0 Å². The molecule has 31 heavy (non-hydrogen) atoms. The van der Waals surface area contributed by atoms with Crippen LogP contribution in [0.2, 0.25) is 0 Å². The third-order valence-corrected chi connectivity index (χ3v) is 8.13. The molecule has 1 aliphatic heterocycles. The van der Waals surface area contributed by atoms with Crippen molar-refractivity contribution in [2.45, 2.75) is 66.2 Å². The first kappa shape index (κ1) is 22.1. The van der Waals surface area contributed by atoms with Crippen molar-refractivity contribution in [3.63, 3.8) is 0 Å². The molecule has 166 valence electrons. The van der Waals surface area contributed by atoms with Crippen LogP contribution in [0.15, 0.2) is 24.3 Å². The van der Waals surface area contributed by atoms with Gasteiger partial charge in [0.05, 0.1) is 5.56 Å². The Morgan fingerprint density at radius 3 is 2.48 bits per heavy atom. The molecule has 4 nitrogen and oxygen atoms in total. The predicted octanol–water partition coefficient (Wildman–Crippen LogP) is 6.09. The molecule has 2 amide bonds. The molecule has 1 aliphatic carbocycles. The highest BCUT2D eigenvalue weighted by Gasteiger charge is 2.35. The summed E-state index contributed by atoms with van der Waals surface area (Å²) in [5, 5.41) is 3.87. The first-order valence-corrected chi connectivity index (χ1v) is 12.4. The standard InChI is InChI=1S/C26H34N2O2S/c1-17-10-6-7-11-19(17)23(29)27-24-22(25(30)28-14-8-5-9-15-28)20-13-12-18(26(2,3)4)16-21(20)31-24/h6-7,10-11,18H,5,8-9,12-16H2,1-4H3,(H,27,29)/t18-/m1/s1. The number of hydrogen-bond donors (Lipinski definition) is 1. The second kappa shape index (κ2) is 8.78. The molecule has 0 bridgehead atoms. The van der Waals surface area contributed by atoms with Gasteiger partial charge in [-0.3, -0.25) is 9.59 Å². The average molecular weight is 439 g/mol. The SMILES string of the molecule is Cc1ccccc1C(=O)Nc1sc2c(c1C(=O)N1CCCCC1)CC[C@@H](C(C)(C)C)C2. The van der Waals surface area contributed by atoms with Gasteiger partial charge in [-0.15, -0.1) is 11.3 Å². The highest BCUT2D eigenvalue weighted by molar-refractivity contribution is 7.17. The van der Waals surface area contributed by atoms with E-state index in [1.54, 1.807) is 11.3 Å². The summed E-state index contributed by atoms with van der Waals surface area (Å²) in [6, 6.07) is 7.62.